The Labute approximate surface area is 143 Å². The quantitative estimate of drug-likeness (QED) is 0.467. The molecule has 1 aromatic carbocycles. The molecule has 0 aliphatic heterocycles. The van der Waals surface area contributed by atoms with Crippen LogP contribution in [0.5, 0.6) is 0 Å². The molecular weight excluding hydrogens is 306 g/mol. The van der Waals surface area contributed by atoms with E-state index in [9.17, 15) is 8.78 Å². The molecule has 1 unspecified atom stereocenters. The van der Waals surface area contributed by atoms with Gasteiger partial charge in [0.15, 0.2) is 0 Å². The van der Waals surface area contributed by atoms with Gasteiger partial charge in [0.25, 0.3) is 6.08 Å². The highest BCUT2D eigenvalue weighted by molar-refractivity contribution is 5.75. The Balaban J connectivity index is 1.97. The number of halogens is 2. The van der Waals surface area contributed by atoms with Crippen LogP contribution >= 0.6 is 0 Å². The SMILES string of the molecule is CCCCCCCOC1(C=C(F)F)C=CC(c2ccccc2)=CC1. The molecule has 0 spiro atoms. The van der Waals surface area contributed by atoms with Crippen LogP contribution in [-0.4, -0.2) is 12.2 Å². The van der Waals surface area contributed by atoms with Gasteiger partial charge in [-0.05, 0) is 23.6 Å². The summed E-state index contributed by atoms with van der Waals surface area (Å²) in [5, 5.41) is 0. The second-order valence-corrected chi connectivity index (χ2v) is 6.21. The van der Waals surface area contributed by atoms with Gasteiger partial charge in [-0.15, -0.1) is 0 Å². The summed E-state index contributed by atoms with van der Waals surface area (Å²) in [7, 11) is 0. The van der Waals surface area contributed by atoms with Crippen LogP contribution in [0, 0.1) is 0 Å². The van der Waals surface area contributed by atoms with Gasteiger partial charge in [0.2, 0.25) is 0 Å². The Morgan fingerprint density at radius 1 is 1.12 bits per heavy atom. The molecule has 1 aliphatic carbocycles. The van der Waals surface area contributed by atoms with Crippen LogP contribution in [0.15, 0.2) is 60.7 Å². The first-order valence-corrected chi connectivity index (χ1v) is 8.78. The third kappa shape index (κ3) is 5.72. The molecule has 2 rings (SSSR count). The Bertz CT molecular complexity index is 585. The second kappa shape index (κ2) is 9.53. The molecule has 3 heteroatoms. The van der Waals surface area contributed by atoms with Crippen molar-refractivity contribution in [2.75, 3.05) is 6.61 Å². The van der Waals surface area contributed by atoms with Gasteiger partial charge in [-0.25, -0.2) is 0 Å². The minimum atomic E-state index is -1.69. The largest absolute Gasteiger partial charge is 0.366 e. The molecule has 1 aromatic rings. The van der Waals surface area contributed by atoms with Gasteiger partial charge in [-0.1, -0.05) is 75.1 Å². The number of hydrogen-bond donors (Lipinski definition) is 0. The summed E-state index contributed by atoms with van der Waals surface area (Å²) in [6, 6.07) is 9.94. The maximum atomic E-state index is 12.9. The van der Waals surface area contributed by atoms with Gasteiger partial charge in [0.1, 0.15) is 5.60 Å². The number of rotatable bonds is 9. The predicted molar refractivity (Wildman–Crippen MR) is 95.9 cm³/mol. The lowest BCUT2D eigenvalue weighted by Gasteiger charge is -2.29. The van der Waals surface area contributed by atoms with Crippen LogP contribution in [0.2, 0.25) is 0 Å². The Kier molecular flexibility index (Phi) is 7.38. The zero-order valence-corrected chi connectivity index (χ0v) is 14.3. The molecule has 0 N–H and O–H groups in total. The zero-order chi connectivity index (χ0) is 17.3. The number of unbranched alkanes of at least 4 members (excludes halogenated alkanes) is 4. The minimum Gasteiger partial charge on any atom is -0.366 e. The van der Waals surface area contributed by atoms with E-state index in [4.69, 9.17) is 4.74 Å². The first kappa shape index (κ1) is 18.6. The first-order valence-electron chi connectivity index (χ1n) is 8.78. The van der Waals surface area contributed by atoms with Crippen molar-refractivity contribution >= 4 is 5.57 Å². The molecular formula is C21H26F2O. The molecule has 0 amide bonds. The second-order valence-electron chi connectivity index (χ2n) is 6.21. The number of allylic oxidation sites excluding steroid dienone is 2. The molecule has 0 heterocycles. The van der Waals surface area contributed by atoms with Gasteiger partial charge in [0.05, 0.1) is 0 Å². The van der Waals surface area contributed by atoms with Gasteiger partial charge in [-0.3, -0.25) is 0 Å². The van der Waals surface area contributed by atoms with E-state index in [0.717, 1.165) is 30.1 Å². The Hall–Kier alpha value is -1.74. The monoisotopic (exact) mass is 332 g/mol. The third-order valence-electron chi connectivity index (χ3n) is 4.27. The summed E-state index contributed by atoms with van der Waals surface area (Å²) >= 11 is 0. The predicted octanol–water partition coefficient (Wildman–Crippen LogP) is 6.54. The fourth-order valence-corrected chi connectivity index (χ4v) is 2.89. The average molecular weight is 332 g/mol. The van der Waals surface area contributed by atoms with Crippen molar-refractivity contribution in [2.45, 2.75) is 51.0 Å². The van der Waals surface area contributed by atoms with Crippen molar-refractivity contribution in [1.29, 1.82) is 0 Å². The molecule has 0 aromatic heterocycles. The van der Waals surface area contributed by atoms with Gasteiger partial charge in [0, 0.05) is 19.1 Å². The fourth-order valence-electron chi connectivity index (χ4n) is 2.89. The molecule has 0 saturated heterocycles. The van der Waals surface area contributed by atoms with E-state index in [0.29, 0.717) is 13.0 Å². The van der Waals surface area contributed by atoms with E-state index in [1.807, 2.05) is 42.5 Å². The van der Waals surface area contributed by atoms with E-state index >= 15 is 0 Å². The fraction of sp³-hybridized carbons (Fsp3) is 0.429. The average Bonchev–Trinajstić information content (AvgIpc) is 2.59. The lowest BCUT2D eigenvalue weighted by Crippen LogP contribution is -2.29. The van der Waals surface area contributed by atoms with E-state index in [-0.39, 0.29) is 0 Å². The number of benzene rings is 1. The summed E-state index contributed by atoms with van der Waals surface area (Å²) in [6.45, 7) is 2.68. The van der Waals surface area contributed by atoms with Crippen molar-refractivity contribution in [3.63, 3.8) is 0 Å². The molecule has 0 saturated carbocycles. The van der Waals surface area contributed by atoms with Crippen molar-refractivity contribution in [3.05, 3.63) is 66.3 Å². The topological polar surface area (TPSA) is 9.23 Å². The molecule has 0 bridgehead atoms. The van der Waals surface area contributed by atoms with Crippen LogP contribution in [-0.2, 0) is 4.74 Å². The van der Waals surface area contributed by atoms with Gasteiger partial charge < -0.3 is 4.74 Å². The smallest absolute Gasteiger partial charge is 0.269 e. The third-order valence-corrected chi connectivity index (χ3v) is 4.27. The normalized spacial score (nSPS) is 19.9. The van der Waals surface area contributed by atoms with Crippen LogP contribution in [0.25, 0.3) is 5.57 Å². The van der Waals surface area contributed by atoms with E-state index in [1.54, 1.807) is 6.08 Å². The van der Waals surface area contributed by atoms with Gasteiger partial charge in [-0.2, -0.15) is 8.78 Å². The molecule has 1 nitrogen and oxygen atoms in total. The Morgan fingerprint density at radius 3 is 2.50 bits per heavy atom. The van der Waals surface area contributed by atoms with Crippen molar-refractivity contribution in [1.82, 2.24) is 0 Å². The standard InChI is InChI=1S/C21H26F2O/c1-2-3-4-5-9-16-24-21(17-20(22)23)14-12-19(13-15-21)18-10-7-6-8-11-18/h6-8,10-14,17H,2-5,9,15-16H2,1H3. The summed E-state index contributed by atoms with van der Waals surface area (Å²) in [5.74, 6) is 0. The van der Waals surface area contributed by atoms with Crippen molar-refractivity contribution < 1.29 is 13.5 Å². The zero-order valence-electron chi connectivity index (χ0n) is 14.3. The highest BCUT2D eigenvalue weighted by Gasteiger charge is 2.28. The lowest BCUT2D eigenvalue weighted by atomic mass is 9.89. The molecule has 1 atom stereocenters. The lowest BCUT2D eigenvalue weighted by molar-refractivity contribution is 0.0240. The molecule has 24 heavy (non-hydrogen) atoms. The summed E-state index contributed by atoms with van der Waals surface area (Å²) in [5.41, 5.74) is 1.12. The van der Waals surface area contributed by atoms with E-state index in [2.05, 4.69) is 6.92 Å². The van der Waals surface area contributed by atoms with Crippen LogP contribution in [0.4, 0.5) is 8.78 Å². The number of hydrogen-bond acceptors (Lipinski definition) is 1. The van der Waals surface area contributed by atoms with Crippen molar-refractivity contribution in [3.8, 4) is 0 Å². The Morgan fingerprint density at radius 2 is 1.88 bits per heavy atom. The molecule has 0 fully saturated rings. The highest BCUT2D eigenvalue weighted by Crippen LogP contribution is 2.32. The van der Waals surface area contributed by atoms with Crippen molar-refractivity contribution in [2.24, 2.45) is 0 Å². The highest BCUT2D eigenvalue weighted by atomic mass is 19.3. The maximum Gasteiger partial charge on any atom is 0.269 e. The number of ether oxygens (including phenoxy) is 1. The summed E-state index contributed by atoms with van der Waals surface area (Å²) in [6.07, 6.45) is 10.9. The first-order chi connectivity index (χ1) is 11.7. The van der Waals surface area contributed by atoms with Crippen LogP contribution < -0.4 is 0 Å². The van der Waals surface area contributed by atoms with Crippen LogP contribution in [0.3, 0.4) is 0 Å². The molecule has 130 valence electrons. The van der Waals surface area contributed by atoms with Crippen LogP contribution in [0.1, 0.15) is 51.0 Å². The summed E-state index contributed by atoms with van der Waals surface area (Å²) < 4.78 is 31.6. The maximum absolute atomic E-state index is 12.9. The van der Waals surface area contributed by atoms with E-state index < -0.39 is 11.7 Å². The molecule has 0 radical (unpaired) electrons. The van der Waals surface area contributed by atoms with E-state index in [1.165, 1.54) is 19.3 Å². The minimum absolute atomic E-state index is 0.431. The van der Waals surface area contributed by atoms with Gasteiger partial charge >= 0.3 is 0 Å². The molecule has 1 aliphatic rings. The summed E-state index contributed by atoms with van der Waals surface area (Å²) in [4.78, 5) is 0.